The molecule has 0 atom stereocenters. The first kappa shape index (κ1) is 19.9. The second-order valence-electron chi connectivity index (χ2n) is 7.19. The van der Waals surface area contributed by atoms with E-state index in [9.17, 15) is 4.79 Å². The molecule has 4 rings (SSSR count). The fourth-order valence-corrected chi connectivity index (χ4v) is 3.56. The second-order valence-corrected chi connectivity index (χ2v) is 7.55. The molecule has 0 unspecified atom stereocenters. The summed E-state index contributed by atoms with van der Waals surface area (Å²) in [6, 6.07) is 17.9. The number of hydrogen-bond acceptors (Lipinski definition) is 3. The number of rotatable bonds is 6. The molecule has 1 N–H and O–H groups in total. The lowest BCUT2D eigenvalue weighted by Crippen LogP contribution is -2.23. The van der Waals surface area contributed by atoms with Gasteiger partial charge < -0.3 is 5.32 Å². The largest absolute Gasteiger partial charge is 0.348 e. The molecule has 30 heavy (non-hydrogen) atoms. The quantitative estimate of drug-likeness (QED) is 0.506. The first-order chi connectivity index (χ1) is 14.5. The summed E-state index contributed by atoms with van der Waals surface area (Å²) in [4.78, 5) is 12.8. The van der Waals surface area contributed by atoms with Gasteiger partial charge in [0, 0.05) is 18.9 Å². The van der Waals surface area contributed by atoms with Crippen LogP contribution in [-0.4, -0.2) is 25.5 Å². The minimum absolute atomic E-state index is 0.233. The molecule has 0 saturated carbocycles. The van der Waals surface area contributed by atoms with Crippen molar-refractivity contribution in [2.75, 3.05) is 0 Å². The fraction of sp³-hybridized carbons (Fsp3) is 0.174. The Morgan fingerprint density at radius 1 is 1.03 bits per heavy atom. The molecule has 0 radical (unpaired) electrons. The Labute approximate surface area is 180 Å². The lowest BCUT2D eigenvalue weighted by atomic mass is 10.1. The van der Waals surface area contributed by atoms with Gasteiger partial charge in [-0.1, -0.05) is 53.6 Å². The van der Waals surface area contributed by atoms with Crippen LogP contribution in [-0.2, 0) is 13.1 Å². The van der Waals surface area contributed by atoms with Crippen molar-refractivity contribution < 1.29 is 4.79 Å². The summed E-state index contributed by atoms with van der Waals surface area (Å²) in [5.41, 5.74) is 5.25. The molecule has 0 fully saturated rings. The minimum Gasteiger partial charge on any atom is -0.348 e. The van der Waals surface area contributed by atoms with Crippen molar-refractivity contribution in [2.45, 2.75) is 26.9 Å². The van der Waals surface area contributed by atoms with E-state index in [0.29, 0.717) is 29.5 Å². The molecule has 4 aromatic rings. The molecule has 0 aliphatic rings. The van der Waals surface area contributed by atoms with Gasteiger partial charge >= 0.3 is 0 Å². The number of halogens is 1. The maximum atomic E-state index is 12.8. The predicted octanol–water partition coefficient (Wildman–Crippen LogP) is 4.32. The third-order valence-corrected chi connectivity index (χ3v) is 5.29. The van der Waals surface area contributed by atoms with E-state index < -0.39 is 0 Å². The molecule has 6 nitrogen and oxygen atoms in total. The molecular formula is C23H22ClN5O. The average Bonchev–Trinajstić information content (AvgIpc) is 3.37. The maximum Gasteiger partial charge on any atom is 0.256 e. The van der Waals surface area contributed by atoms with Crippen LogP contribution in [0.5, 0.6) is 0 Å². The van der Waals surface area contributed by atoms with Gasteiger partial charge in [-0.05, 0) is 43.2 Å². The Kier molecular flexibility index (Phi) is 5.68. The Morgan fingerprint density at radius 2 is 1.73 bits per heavy atom. The summed E-state index contributed by atoms with van der Waals surface area (Å²) >= 11 is 6.50. The van der Waals surface area contributed by atoms with Crippen LogP contribution in [0.1, 0.15) is 32.7 Å². The van der Waals surface area contributed by atoms with Gasteiger partial charge in [-0.2, -0.15) is 10.2 Å². The summed E-state index contributed by atoms with van der Waals surface area (Å²) in [6.45, 7) is 4.76. The molecular weight excluding hydrogens is 398 g/mol. The van der Waals surface area contributed by atoms with Crippen LogP contribution in [0.25, 0.3) is 5.69 Å². The summed E-state index contributed by atoms with van der Waals surface area (Å²) in [7, 11) is 0. The van der Waals surface area contributed by atoms with Gasteiger partial charge in [0.15, 0.2) is 0 Å². The fourth-order valence-electron chi connectivity index (χ4n) is 3.24. The lowest BCUT2D eigenvalue weighted by Gasteiger charge is -2.07. The van der Waals surface area contributed by atoms with Gasteiger partial charge in [-0.15, -0.1) is 0 Å². The number of nitrogens with zero attached hydrogens (tertiary/aromatic N) is 4. The molecule has 0 spiro atoms. The predicted molar refractivity (Wildman–Crippen MR) is 117 cm³/mol. The van der Waals surface area contributed by atoms with E-state index in [0.717, 1.165) is 16.8 Å². The number of hydrogen-bond donors (Lipinski definition) is 1. The van der Waals surface area contributed by atoms with Crippen LogP contribution >= 0.6 is 11.6 Å². The monoisotopic (exact) mass is 419 g/mol. The topological polar surface area (TPSA) is 64.7 Å². The second kappa shape index (κ2) is 8.55. The standard InChI is InChI=1S/C23H22ClN5O/c1-16-4-6-19(7-5-16)15-29-22(24)21(17(2)27-29)23(30)25-14-18-8-10-20(11-9-18)28-13-3-12-26-28/h3-13H,14-15H2,1-2H3,(H,25,30). The maximum absolute atomic E-state index is 12.8. The first-order valence-corrected chi connectivity index (χ1v) is 10.0. The van der Waals surface area contributed by atoms with Crippen LogP contribution in [0, 0.1) is 13.8 Å². The Hall–Kier alpha value is -3.38. The molecule has 2 aromatic carbocycles. The van der Waals surface area contributed by atoms with Crippen molar-refractivity contribution in [3.63, 3.8) is 0 Å². The molecule has 0 aliphatic carbocycles. The number of amides is 1. The van der Waals surface area contributed by atoms with E-state index >= 15 is 0 Å². The molecule has 0 aliphatic heterocycles. The molecule has 1 amide bonds. The first-order valence-electron chi connectivity index (χ1n) is 9.67. The highest BCUT2D eigenvalue weighted by molar-refractivity contribution is 6.33. The van der Waals surface area contributed by atoms with Gasteiger partial charge in [-0.25, -0.2) is 9.36 Å². The molecule has 0 saturated heterocycles. The number of carbonyl (C=O) groups excluding carboxylic acids is 1. The molecule has 152 valence electrons. The van der Waals surface area contributed by atoms with E-state index in [1.165, 1.54) is 5.56 Å². The molecule has 2 aromatic heterocycles. The highest BCUT2D eigenvalue weighted by Gasteiger charge is 2.20. The van der Waals surface area contributed by atoms with E-state index in [4.69, 9.17) is 11.6 Å². The van der Waals surface area contributed by atoms with Crippen molar-refractivity contribution in [3.05, 3.63) is 100 Å². The SMILES string of the molecule is Cc1ccc(Cn2nc(C)c(C(=O)NCc3ccc(-n4cccn4)cc3)c2Cl)cc1. The summed E-state index contributed by atoms with van der Waals surface area (Å²) in [6.07, 6.45) is 3.62. The van der Waals surface area contributed by atoms with Crippen LogP contribution in [0.15, 0.2) is 67.0 Å². The number of carbonyl (C=O) groups is 1. The van der Waals surface area contributed by atoms with E-state index in [-0.39, 0.29) is 5.91 Å². The third kappa shape index (κ3) is 4.28. The zero-order valence-electron chi connectivity index (χ0n) is 16.8. The zero-order chi connectivity index (χ0) is 21.1. The van der Waals surface area contributed by atoms with Gasteiger partial charge in [0.2, 0.25) is 0 Å². The highest BCUT2D eigenvalue weighted by Crippen LogP contribution is 2.21. The smallest absolute Gasteiger partial charge is 0.256 e. The number of aromatic nitrogens is 4. The summed E-state index contributed by atoms with van der Waals surface area (Å²) in [5, 5.41) is 12.0. The van der Waals surface area contributed by atoms with Gasteiger partial charge in [0.1, 0.15) is 5.15 Å². The van der Waals surface area contributed by atoms with Gasteiger partial charge in [0.05, 0.1) is 23.5 Å². The minimum atomic E-state index is -0.233. The lowest BCUT2D eigenvalue weighted by molar-refractivity contribution is 0.0950. The third-order valence-electron chi connectivity index (χ3n) is 4.90. The van der Waals surface area contributed by atoms with Crippen LogP contribution in [0.4, 0.5) is 0 Å². The molecule has 2 heterocycles. The van der Waals surface area contributed by atoms with Crippen molar-refractivity contribution in [1.29, 1.82) is 0 Å². The normalized spacial score (nSPS) is 10.9. The van der Waals surface area contributed by atoms with Crippen LogP contribution < -0.4 is 5.32 Å². The van der Waals surface area contributed by atoms with E-state index in [1.807, 2.05) is 67.7 Å². The van der Waals surface area contributed by atoms with Crippen molar-refractivity contribution in [1.82, 2.24) is 24.9 Å². The Morgan fingerprint density at radius 3 is 2.40 bits per heavy atom. The van der Waals surface area contributed by atoms with Crippen molar-refractivity contribution in [2.24, 2.45) is 0 Å². The highest BCUT2D eigenvalue weighted by atomic mass is 35.5. The summed E-state index contributed by atoms with van der Waals surface area (Å²) < 4.78 is 3.45. The zero-order valence-corrected chi connectivity index (χ0v) is 17.6. The summed E-state index contributed by atoms with van der Waals surface area (Å²) in [5.74, 6) is -0.233. The number of aryl methyl sites for hydroxylation is 2. The van der Waals surface area contributed by atoms with Gasteiger partial charge in [-0.3, -0.25) is 4.79 Å². The Bertz CT molecular complexity index is 1150. The van der Waals surface area contributed by atoms with Crippen molar-refractivity contribution >= 4 is 17.5 Å². The van der Waals surface area contributed by atoms with Gasteiger partial charge in [0.25, 0.3) is 5.91 Å². The van der Waals surface area contributed by atoms with Crippen LogP contribution in [0.3, 0.4) is 0 Å². The number of benzene rings is 2. The Balaban J connectivity index is 1.43. The van der Waals surface area contributed by atoms with E-state index in [2.05, 4.69) is 15.5 Å². The van der Waals surface area contributed by atoms with Crippen LogP contribution in [0.2, 0.25) is 5.15 Å². The molecule has 0 bridgehead atoms. The average molecular weight is 420 g/mol. The van der Waals surface area contributed by atoms with Crippen molar-refractivity contribution in [3.8, 4) is 5.69 Å². The number of nitrogens with one attached hydrogen (secondary N) is 1. The molecule has 7 heteroatoms. The van der Waals surface area contributed by atoms with E-state index in [1.54, 1.807) is 22.5 Å².